The second-order valence-electron chi connectivity index (χ2n) is 7.38. The van der Waals surface area contributed by atoms with Crippen LogP contribution in [0.4, 0.5) is 0 Å². The van der Waals surface area contributed by atoms with Crippen LogP contribution in [0.5, 0.6) is 0 Å². The largest absolute Gasteiger partial charge is 0.357 e. The lowest BCUT2D eigenvalue weighted by atomic mass is 10.0. The molecule has 0 aliphatic rings. The number of pyridine rings is 1. The Morgan fingerprint density at radius 2 is 2.03 bits per heavy atom. The van der Waals surface area contributed by atoms with Crippen LogP contribution in [0.15, 0.2) is 72.8 Å². The van der Waals surface area contributed by atoms with Crippen molar-refractivity contribution < 1.29 is 0 Å². The van der Waals surface area contributed by atoms with Crippen LogP contribution < -0.4 is 10.6 Å². The number of aryl methyl sites for hydroxylation is 1. The number of hydrogen-bond acceptors (Lipinski definition) is 3. The number of thiophene rings is 1. The summed E-state index contributed by atoms with van der Waals surface area (Å²) in [6.45, 7) is 10.4. The van der Waals surface area contributed by atoms with Crippen LogP contribution in [0, 0.1) is 6.92 Å². The summed E-state index contributed by atoms with van der Waals surface area (Å²) in [6, 6.07) is 12.3. The van der Waals surface area contributed by atoms with Gasteiger partial charge >= 0.3 is 0 Å². The van der Waals surface area contributed by atoms with Gasteiger partial charge in [-0.2, -0.15) is 5.10 Å². The van der Waals surface area contributed by atoms with Crippen LogP contribution in [0.3, 0.4) is 0 Å². The quantitative estimate of drug-likeness (QED) is 0.392. The first-order chi connectivity index (χ1) is 15.6. The molecule has 0 atom stereocenters. The van der Waals surface area contributed by atoms with Crippen LogP contribution in [0.1, 0.15) is 35.7 Å². The van der Waals surface area contributed by atoms with Gasteiger partial charge in [-0.25, -0.2) is 0 Å². The molecular formula is C27H26N4S. The lowest BCUT2D eigenvalue weighted by molar-refractivity contribution is 1.06. The Kier molecular flexibility index (Phi) is 6.47. The highest BCUT2D eigenvalue weighted by Crippen LogP contribution is 2.31. The highest BCUT2D eigenvalue weighted by Gasteiger charge is 2.15. The van der Waals surface area contributed by atoms with Crippen molar-refractivity contribution in [2.24, 2.45) is 0 Å². The third-order valence-electron chi connectivity index (χ3n) is 5.24. The van der Waals surface area contributed by atoms with Gasteiger partial charge in [0.05, 0.1) is 16.7 Å². The molecule has 0 radical (unpaired) electrons. The number of H-pyrrole nitrogens is 2. The molecule has 0 amide bonds. The molecule has 32 heavy (non-hydrogen) atoms. The van der Waals surface area contributed by atoms with E-state index in [0.29, 0.717) is 0 Å². The number of hydrogen-bond donors (Lipinski definition) is 2. The zero-order valence-electron chi connectivity index (χ0n) is 18.5. The minimum Gasteiger partial charge on any atom is -0.357 e. The predicted molar refractivity (Wildman–Crippen MR) is 136 cm³/mol. The van der Waals surface area contributed by atoms with E-state index in [4.69, 9.17) is 0 Å². The summed E-state index contributed by atoms with van der Waals surface area (Å²) in [5, 5.41) is 11.8. The number of aromatic amines is 2. The summed E-state index contributed by atoms with van der Waals surface area (Å²) in [4.78, 5) is 9.21. The van der Waals surface area contributed by atoms with E-state index >= 15 is 0 Å². The molecule has 0 saturated carbocycles. The number of nitrogens with zero attached hydrogens (tertiary/aromatic N) is 2. The van der Waals surface area contributed by atoms with Crippen molar-refractivity contribution in [1.82, 2.24) is 20.2 Å². The van der Waals surface area contributed by atoms with Gasteiger partial charge < -0.3 is 4.98 Å². The van der Waals surface area contributed by atoms with Crippen molar-refractivity contribution in [3.8, 4) is 11.4 Å². The summed E-state index contributed by atoms with van der Waals surface area (Å²) >= 11 is 1.74. The van der Waals surface area contributed by atoms with Crippen molar-refractivity contribution in [1.29, 1.82) is 0 Å². The topological polar surface area (TPSA) is 57.4 Å². The summed E-state index contributed by atoms with van der Waals surface area (Å²) in [7, 11) is 0. The van der Waals surface area contributed by atoms with Crippen LogP contribution in [-0.2, 0) is 0 Å². The fourth-order valence-corrected chi connectivity index (χ4v) is 4.40. The normalized spacial score (nSPS) is 13.4. The fourth-order valence-electron chi connectivity index (χ4n) is 3.63. The maximum absolute atomic E-state index is 4.63. The van der Waals surface area contributed by atoms with Crippen molar-refractivity contribution in [2.75, 3.05) is 0 Å². The first kappa shape index (κ1) is 21.5. The van der Waals surface area contributed by atoms with E-state index in [2.05, 4.69) is 69.4 Å². The van der Waals surface area contributed by atoms with Crippen LogP contribution in [-0.4, -0.2) is 20.2 Å². The molecule has 4 heterocycles. The standard InChI is InChI=1S/C27H26N4S/c1-5-7-11-20(26-13-10-15-32-26)21-17-25(29-19(21)4)27-22(23(6-2)30-31-27)16-18(3)24-12-8-9-14-28-24/h5-17,29-30H,3H2,1-2,4H3/b7-5-,20-11+,22-16+,23-6+. The summed E-state index contributed by atoms with van der Waals surface area (Å²) in [5.74, 6) is 0. The Balaban J connectivity index is 1.84. The molecule has 4 aromatic heterocycles. The smallest absolute Gasteiger partial charge is 0.116 e. The highest BCUT2D eigenvalue weighted by molar-refractivity contribution is 7.11. The van der Waals surface area contributed by atoms with Gasteiger partial charge in [-0.1, -0.05) is 43.0 Å². The second kappa shape index (κ2) is 9.62. The molecule has 0 saturated heterocycles. The summed E-state index contributed by atoms with van der Waals surface area (Å²) in [6.07, 6.45) is 12.1. The SMILES string of the molecule is C=C(/C=c1/c(-c2cc(/C(=C\C=C/C)c3cccs3)c(C)[nH]2)n[nH]/c1=C/C)c1ccccn1. The van der Waals surface area contributed by atoms with Crippen molar-refractivity contribution in [3.63, 3.8) is 0 Å². The van der Waals surface area contributed by atoms with E-state index < -0.39 is 0 Å². The van der Waals surface area contributed by atoms with Crippen molar-refractivity contribution in [3.05, 3.63) is 105 Å². The number of allylic oxidation sites excluding steroid dienone is 4. The van der Waals surface area contributed by atoms with Crippen LogP contribution >= 0.6 is 11.3 Å². The molecule has 0 fully saturated rings. The molecule has 0 aliphatic heterocycles. The Hall–Kier alpha value is -3.70. The molecule has 4 rings (SSSR count). The maximum Gasteiger partial charge on any atom is 0.116 e. The van der Waals surface area contributed by atoms with Gasteiger partial charge in [-0.3, -0.25) is 10.1 Å². The second-order valence-corrected chi connectivity index (χ2v) is 8.33. The zero-order chi connectivity index (χ0) is 22.5. The minimum atomic E-state index is 0.840. The molecule has 4 aromatic rings. The van der Waals surface area contributed by atoms with Gasteiger partial charge in [0, 0.05) is 33.1 Å². The molecule has 0 aliphatic carbocycles. The van der Waals surface area contributed by atoms with E-state index in [1.165, 1.54) is 16.0 Å². The van der Waals surface area contributed by atoms with E-state index in [1.807, 2.05) is 50.3 Å². The van der Waals surface area contributed by atoms with Crippen LogP contribution in [0.2, 0.25) is 0 Å². The maximum atomic E-state index is 4.63. The number of nitrogens with one attached hydrogen (secondary N) is 2. The Labute approximate surface area is 192 Å². The van der Waals surface area contributed by atoms with Gasteiger partial charge in [-0.05, 0) is 62.1 Å². The predicted octanol–water partition coefficient (Wildman–Crippen LogP) is 5.47. The molecule has 0 unspecified atom stereocenters. The Morgan fingerprint density at radius 3 is 2.72 bits per heavy atom. The van der Waals surface area contributed by atoms with Gasteiger partial charge in [0.25, 0.3) is 0 Å². The van der Waals surface area contributed by atoms with Crippen molar-refractivity contribution >= 4 is 34.6 Å². The van der Waals surface area contributed by atoms with Gasteiger partial charge in [0.15, 0.2) is 0 Å². The summed E-state index contributed by atoms with van der Waals surface area (Å²) < 4.78 is 0. The monoisotopic (exact) mass is 438 g/mol. The molecule has 4 nitrogen and oxygen atoms in total. The first-order valence-electron chi connectivity index (χ1n) is 10.5. The van der Waals surface area contributed by atoms with Gasteiger partial charge in [-0.15, -0.1) is 11.3 Å². The molecule has 5 heteroatoms. The van der Waals surface area contributed by atoms with E-state index in [9.17, 15) is 0 Å². The Bertz CT molecular complexity index is 1400. The lowest BCUT2D eigenvalue weighted by Gasteiger charge is -2.03. The molecule has 160 valence electrons. The Morgan fingerprint density at radius 1 is 1.16 bits per heavy atom. The molecule has 0 spiro atoms. The van der Waals surface area contributed by atoms with Crippen molar-refractivity contribution in [2.45, 2.75) is 20.8 Å². The van der Waals surface area contributed by atoms with E-state index in [0.717, 1.165) is 38.9 Å². The molecular weight excluding hydrogens is 412 g/mol. The van der Waals surface area contributed by atoms with Crippen LogP contribution in [0.25, 0.3) is 34.7 Å². The van der Waals surface area contributed by atoms with Gasteiger partial charge in [0.2, 0.25) is 0 Å². The van der Waals surface area contributed by atoms with Gasteiger partial charge in [0.1, 0.15) is 5.69 Å². The molecule has 0 bridgehead atoms. The van der Waals surface area contributed by atoms with E-state index in [-0.39, 0.29) is 0 Å². The molecule has 2 N–H and O–H groups in total. The number of rotatable bonds is 6. The number of aromatic nitrogens is 4. The third kappa shape index (κ3) is 4.34. The zero-order valence-corrected chi connectivity index (χ0v) is 19.3. The fraction of sp³-hybridized carbons (Fsp3) is 0.111. The lowest BCUT2D eigenvalue weighted by Crippen LogP contribution is -2.23. The van der Waals surface area contributed by atoms with E-state index in [1.54, 1.807) is 17.5 Å². The average molecular weight is 439 g/mol. The molecule has 0 aromatic carbocycles. The summed E-state index contributed by atoms with van der Waals surface area (Å²) in [5.41, 5.74) is 6.97. The highest BCUT2D eigenvalue weighted by atomic mass is 32.1. The third-order valence-corrected chi connectivity index (χ3v) is 6.14. The minimum absolute atomic E-state index is 0.840. The first-order valence-corrected chi connectivity index (χ1v) is 11.4. The average Bonchev–Trinajstić information content (AvgIpc) is 3.55.